The standard InChI is InChI=1S/C16H29N3OS/c1-4-6-10-19(13-7-8-13)16-18-14(5-2)15(21-16)12-17-9-11-20-3/h13,17H,4-12H2,1-3H3. The van der Waals surface area contributed by atoms with Crippen LogP contribution in [0.25, 0.3) is 0 Å². The molecule has 0 atom stereocenters. The van der Waals surface area contributed by atoms with E-state index in [-0.39, 0.29) is 0 Å². The van der Waals surface area contributed by atoms with Crippen LogP contribution >= 0.6 is 11.3 Å². The number of methoxy groups -OCH3 is 1. The van der Waals surface area contributed by atoms with Gasteiger partial charge in [-0.05, 0) is 25.7 Å². The summed E-state index contributed by atoms with van der Waals surface area (Å²) in [5, 5.41) is 4.69. The van der Waals surface area contributed by atoms with Gasteiger partial charge in [0.25, 0.3) is 0 Å². The Morgan fingerprint density at radius 1 is 1.38 bits per heavy atom. The summed E-state index contributed by atoms with van der Waals surface area (Å²) in [4.78, 5) is 8.86. The van der Waals surface area contributed by atoms with Crippen molar-refractivity contribution in [2.24, 2.45) is 0 Å². The average Bonchev–Trinajstić information content (AvgIpc) is 3.25. The zero-order valence-corrected chi connectivity index (χ0v) is 14.5. The molecule has 0 saturated heterocycles. The monoisotopic (exact) mass is 311 g/mol. The van der Waals surface area contributed by atoms with E-state index in [0.717, 1.165) is 38.7 Å². The highest BCUT2D eigenvalue weighted by Crippen LogP contribution is 2.35. The molecule has 0 radical (unpaired) electrons. The van der Waals surface area contributed by atoms with Gasteiger partial charge in [0.05, 0.1) is 12.3 Å². The zero-order chi connectivity index (χ0) is 15.1. The van der Waals surface area contributed by atoms with Crippen LogP contribution < -0.4 is 10.2 Å². The van der Waals surface area contributed by atoms with Crippen molar-refractivity contribution < 1.29 is 4.74 Å². The van der Waals surface area contributed by atoms with Gasteiger partial charge in [0, 0.05) is 37.7 Å². The van der Waals surface area contributed by atoms with Crippen LogP contribution in [-0.2, 0) is 17.7 Å². The number of aryl methyl sites for hydroxylation is 1. The summed E-state index contributed by atoms with van der Waals surface area (Å²) in [5.74, 6) is 0. The molecule has 1 saturated carbocycles. The number of hydrogen-bond acceptors (Lipinski definition) is 5. The van der Waals surface area contributed by atoms with E-state index in [1.807, 2.05) is 11.3 Å². The molecule has 1 aromatic rings. The minimum absolute atomic E-state index is 0.752. The van der Waals surface area contributed by atoms with Crippen LogP contribution in [0.4, 0.5) is 5.13 Å². The first-order chi connectivity index (χ1) is 10.3. The Kier molecular flexibility index (Phi) is 6.93. The molecular formula is C16H29N3OS. The number of anilines is 1. The molecule has 0 unspecified atom stereocenters. The summed E-state index contributed by atoms with van der Waals surface area (Å²) in [6, 6.07) is 0.752. The van der Waals surface area contributed by atoms with Gasteiger partial charge in [-0.25, -0.2) is 4.98 Å². The maximum Gasteiger partial charge on any atom is 0.186 e. The summed E-state index contributed by atoms with van der Waals surface area (Å²) >= 11 is 1.88. The topological polar surface area (TPSA) is 37.4 Å². The summed E-state index contributed by atoms with van der Waals surface area (Å²) < 4.78 is 5.08. The molecule has 1 fully saturated rings. The van der Waals surface area contributed by atoms with Crippen molar-refractivity contribution in [2.75, 3.05) is 31.7 Å². The molecule has 0 aromatic carbocycles. The van der Waals surface area contributed by atoms with E-state index in [4.69, 9.17) is 9.72 Å². The van der Waals surface area contributed by atoms with Crippen molar-refractivity contribution in [3.63, 3.8) is 0 Å². The molecule has 2 rings (SSSR count). The second-order valence-electron chi connectivity index (χ2n) is 5.67. The van der Waals surface area contributed by atoms with Gasteiger partial charge >= 0.3 is 0 Å². The van der Waals surface area contributed by atoms with E-state index in [1.165, 1.54) is 41.4 Å². The first-order valence-electron chi connectivity index (χ1n) is 8.25. The number of nitrogens with one attached hydrogen (secondary N) is 1. The molecule has 1 aliphatic carbocycles. The van der Waals surface area contributed by atoms with E-state index in [9.17, 15) is 0 Å². The van der Waals surface area contributed by atoms with E-state index in [2.05, 4.69) is 24.1 Å². The lowest BCUT2D eigenvalue weighted by atomic mass is 10.3. The van der Waals surface area contributed by atoms with E-state index in [0.29, 0.717) is 0 Å². The van der Waals surface area contributed by atoms with Crippen molar-refractivity contribution >= 4 is 16.5 Å². The van der Waals surface area contributed by atoms with Crippen LogP contribution in [0.2, 0.25) is 0 Å². The van der Waals surface area contributed by atoms with E-state index in [1.54, 1.807) is 7.11 Å². The molecule has 4 nitrogen and oxygen atoms in total. The molecule has 0 spiro atoms. The average molecular weight is 311 g/mol. The predicted molar refractivity (Wildman–Crippen MR) is 90.4 cm³/mol. The van der Waals surface area contributed by atoms with Gasteiger partial charge in [0.2, 0.25) is 0 Å². The van der Waals surface area contributed by atoms with Crippen molar-refractivity contribution in [3.05, 3.63) is 10.6 Å². The molecular weight excluding hydrogens is 282 g/mol. The fraction of sp³-hybridized carbons (Fsp3) is 0.812. The lowest BCUT2D eigenvalue weighted by Gasteiger charge is -2.20. The van der Waals surface area contributed by atoms with Gasteiger partial charge < -0.3 is 15.0 Å². The summed E-state index contributed by atoms with van der Waals surface area (Å²) in [6.07, 6.45) is 6.21. The fourth-order valence-electron chi connectivity index (χ4n) is 2.43. The highest BCUT2D eigenvalue weighted by Gasteiger charge is 2.31. The van der Waals surface area contributed by atoms with Gasteiger partial charge in [-0.1, -0.05) is 20.3 Å². The second-order valence-corrected chi connectivity index (χ2v) is 6.73. The number of ether oxygens (including phenoxy) is 1. The van der Waals surface area contributed by atoms with Gasteiger partial charge in [0.15, 0.2) is 5.13 Å². The number of unbranched alkanes of at least 4 members (excludes halogenated alkanes) is 1. The van der Waals surface area contributed by atoms with Crippen LogP contribution in [-0.4, -0.2) is 37.8 Å². The highest BCUT2D eigenvalue weighted by molar-refractivity contribution is 7.15. The maximum absolute atomic E-state index is 5.08. The molecule has 21 heavy (non-hydrogen) atoms. The predicted octanol–water partition coefficient (Wildman–Crippen LogP) is 3.21. The third kappa shape index (κ3) is 4.94. The molecule has 1 N–H and O–H groups in total. The quantitative estimate of drug-likeness (QED) is 0.637. The SMILES string of the molecule is CCCCN(c1nc(CC)c(CNCCOC)s1)C1CC1. The number of nitrogens with zero attached hydrogens (tertiary/aromatic N) is 2. The van der Waals surface area contributed by atoms with E-state index < -0.39 is 0 Å². The lowest BCUT2D eigenvalue weighted by molar-refractivity contribution is 0.199. The van der Waals surface area contributed by atoms with Gasteiger partial charge in [0.1, 0.15) is 0 Å². The Morgan fingerprint density at radius 2 is 2.19 bits per heavy atom. The molecule has 1 aromatic heterocycles. The molecule has 5 heteroatoms. The zero-order valence-electron chi connectivity index (χ0n) is 13.7. The summed E-state index contributed by atoms with van der Waals surface area (Å²) in [6.45, 7) is 8.19. The maximum atomic E-state index is 5.08. The molecule has 0 aliphatic heterocycles. The molecule has 120 valence electrons. The number of aromatic nitrogens is 1. The number of thiazole rings is 1. The van der Waals surface area contributed by atoms with Crippen molar-refractivity contribution in [1.82, 2.24) is 10.3 Å². The first kappa shape index (κ1) is 16.7. The summed E-state index contributed by atoms with van der Waals surface area (Å²) in [7, 11) is 1.74. The second kappa shape index (κ2) is 8.71. The number of rotatable bonds is 11. The Labute approximate surface area is 132 Å². The highest BCUT2D eigenvalue weighted by atomic mass is 32.1. The Balaban J connectivity index is 1.99. The molecule has 1 heterocycles. The van der Waals surface area contributed by atoms with Crippen LogP contribution in [0, 0.1) is 0 Å². The van der Waals surface area contributed by atoms with Crippen LogP contribution in [0.1, 0.15) is 50.1 Å². The number of hydrogen-bond donors (Lipinski definition) is 1. The Morgan fingerprint density at radius 3 is 2.81 bits per heavy atom. The third-order valence-electron chi connectivity index (χ3n) is 3.86. The normalized spacial score (nSPS) is 14.6. The minimum atomic E-state index is 0.752. The lowest BCUT2D eigenvalue weighted by Crippen LogP contribution is -2.26. The van der Waals surface area contributed by atoms with E-state index >= 15 is 0 Å². The first-order valence-corrected chi connectivity index (χ1v) is 9.06. The molecule has 0 bridgehead atoms. The van der Waals surface area contributed by atoms with Gasteiger partial charge in [-0.2, -0.15) is 0 Å². The fourth-order valence-corrected chi connectivity index (χ4v) is 3.65. The van der Waals surface area contributed by atoms with Crippen molar-refractivity contribution in [1.29, 1.82) is 0 Å². The van der Waals surface area contributed by atoms with Gasteiger partial charge in [-0.15, -0.1) is 11.3 Å². The smallest absolute Gasteiger partial charge is 0.186 e. The van der Waals surface area contributed by atoms with Crippen LogP contribution in [0.15, 0.2) is 0 Å². The van der Waals surface area contributed by atoms with Crippen molar-refractivity contribution in [3.8, 4) is 0 Å². The molecule has 1 aliphatic rings. The van der Waals surface area contributed by atoms with Crippen LogP contribution in [0.5, 0.6) is 0 Å². The largest absolute Gasteiger partial charge is 0.383 e. The van der Waals surface area contributed by atoms with Crippen LogP contribution in [0.3, 0.4) is 0 Å². The third-order valence-corrected chi connectivity index (χ3v) is 4.99. The van der Waals surface area contributed by atoms with Crippen molar-refractivity contribution in [2.45, 2.75) is 58.5 Å². The van der Waals surface area contributed by atoms with Gasteiger partial charge in [-0.3, -0.25) is 0 Å². The molecule has 0 amide bonds. The summed E-state index contributed by atoms with van der Waals surface area (Å²) in [5.41, 5.74) is 1.27. The Bertz CT molecular complexity index is 418. The minimum Gasteiger partial charge on any atom is -0.383 e. The Hall–Kier alpha value is -0.650.